The first-order valence-corrected chi connectivity index (χ1v) is 4.64. The standard InChI is InChI=1S/C12H12Cl2/c1-5-11(13)7-9(3)10(4)8-12(14)6-2/h5-8H,1-4H2/b11-7+,12-8+. The van der Waals surface area contributed by atoms with Gasteiger partial charge in [-0.1, -0.05) is 61.7 Å². The second-order valence-electron chi connectivity index (χ2n) is 2.52. The predicted octanol–water partition coefficient (Wildman–Crippen LogP) is 4.72. The SMILES string of the molecule is C=C/C(Cl)=C\C(=C)C(=C)/C=C(/Cl)C=C. The van der Waals surface area contributed by atoms with Gasteiger partial charge in [-0.2, -0.15) is 0 Å². The molecular formula is C12H12Cl2. The Morgan fingerprint density at radius 1 is 0.786 bits per heavy atom. The van der Waals surface area contributed by atoms with Crippen molar-refractivity contribution < 1.29 is 0 Å². The molecule has 0 amide bonds. The summed E-state index contributed by atoms with van der Waals surface area (Å²) in [6, 6.07) is 0. The lowest BCUT2D eigenvalue weighted by atomic mass is 10.1. The number of halogens is 2. The molecule has 0 radical (unpaired) electrons. The first kappa shape index (κ1) is 13.0. The third-order valence-corrected chi connectivity index (χ3v) is 1.95. The van der Waals surface area contributed by atoms with E-state index in [0.29, 0.717) is 21.2 Å². The second kappa shape index (κ2) is 6.47. The fourth-order valence-corrected chi connectivity index (χ4v) is 0.900. The molecule has 0 rings (SSSR count). The highest BCUT2D eigenvalue weighted by Gasteiger charge is 1.95. The van der Waals surface area contributed by atoms with Crippen LogP contribution >= 0.6 is 23.2 Å². The van der Waals surface area contributed by atoms with Crippen molar-refractivity contribution in [1.82, 2.24) is 0 Å². The van der Waals surface area contributed by atoms with Crippen molar-refractivity contribution in [2.24, 2.45) is 0 Å². The van der Waals surface area contributed by atoms with Crippen molar-refractivity contribution in [2.45, 2.75) is 0 Å². The van der Waals surface area contributed by atoms with Gasteiger partial charge in [0.25, 0.3) is 0 Å². The van der Waals surface area contributed by atoms with E-state index in [-0.39, 0.29) is 0 Å². The summed E-state index contributed by atoms with van der Waals surface area (Å²) in [6.07, 6.45) is 6.39. The molecule has 0 unspecified atom stereocenters. The summed E-state index contributed by atoms with van der Waals surface area (Å²) in [5.41, 5.74) is 1.38. The Morgan fingerprint density at radius 2 is 1.07 bits per heavy atom. The van der Waals surface area contributed by atoms with Crippen molar-refractivity contribution in [1.29, 1.82) is 0 Å². The molecule has 0 aromatic carbocycles. The molecule has 0 bridgehead atoms. The van der Waals surface area contributed by atoms with Gasteiger partial charge in [0.15, 0.2) is 0 Å². The summed E-state index contributed by atoms with van der Waals surface area (Å²) in [5, 5.41) is 1.03. The topological polar surface area (TPSA) is 0 Å². The van der Waals surface area contributed by atoms with Crippen LogP contribution in [0.25, 0.3) is 0 Å². The molecule has 14 heavy (non-hydrogen) atoms. The monoisotopic (exact) mass is 226 g/mol. The van der Waals surface area contributed by atoms with Crippen LogP contribution in [0.1, 0.15) is 0 Å². The number of hydrogen-bond donors (Lipinski definition) is 0. The highest BCUT2D eigenvalue weighted by atomic mass is 35.5. The molecule has 0 saturated heterocycles. The molecule has 2 heteroatoms. The Bertz CT molecular complexity index is 296. The van der Waals surface area contributed by atoms with Crippen LogP contribution in [0.4, 0.5) is 0 Å². The van der Waals surface area contributed by atoms with Crippen LogP contribution in [0.5, 0.6) is 0 Å². The molecule has 0 saturated carbocycles. The highest BCUT2D eigenvalue weighted by molar-refractivity contribution is 6.31. The van der Waals surface area contributed by atoms with Crippen LogP contribution < -0.4 is 0 Å². The Kier molecular flexibility index (Phi) is 6.02. The Labute approximate surface area is 95.2 Å². The molecule has 0 N–H and O–H groups in total. The van der Waals surface area contributed by atoms with E-state index in [0.717, 1.165) is 0 Å². The van der Waals surface area contributed by atoms with Gasteiger partial charge in [-0.25, -0.2) is 0 Å². The normalized spacial score (nSPS) is 12.1. The molecule has 0 aromatic heterocycles. The maximum Gasteiger partial charge on any atom is 0.0406 e. The van der Waals surface area contributed by atoms with Gasteiger partial charge in [-0.05, 0) is 23.3 Å². The second-order valence-corrected chi connectivity index (χ2v) is 3.39. The van der Waals surface area contributed by atoms with Crippen molar-refractivity contribution in [3.63, 3.8) is 0 Å². The van der Waals surface area contributed by atoms with Crippen LogP contribution in [0.15, 0.2) is 71.8 Å². The van der Waals surface area contributed by atoms with Gasteiger partial charge in [0.1, 0.15) is 0 Å². The van der Waals surface area contributed by atoms with Gasteiger partial charge in [-0.15, -0.1) is 0 Å². The van der Waals surface area contributed by atoms with Gasteiger partial charge in [-0.3, -0.25) is 0 Å². The third kappa shape index (κ3) is 4.90. The summed E-state index contributed by atoms with van der Waals surface area (Å²) >= 11 is 11.5. The van der Waals surface area contributed by atoms with Crippen LogP contribution in [-0.2, 0) is 0 Å². The molecule has 0 aliphatic carbocycles. The van der Waals surface area contributed by atoms with Crippen LogP contribution in [0.3, 0.4) is 0 Å². The maximum atomic E-state index is 5.74. The molecule has 0 atom stereocenters. The molecule has 0 fully saturated rings. The summed E-state index contributed by atoms with van der Waals surface area (Å²) in [4.78, 5) is 0. The zero-order valence-electron chi connectivity index (χ0n) is 7.89. The van der Waals surface area contributed by atoms with Gasteiger partial charge in [0.05, 0.1) is 0 Å². The van der Waals surface area contributed by atoms with Crippen molar-refractivity contribution in [3.05, 3.63) is 71.8 Å². The van der Waals surface area contributed by atoms with Crippen LogP contribution in [0.2, 0.25) is 0 Å². The first-order chi connectivity index (χ1) is 6.51. The number of hydrogen-bond acceptors (Lipinski definition) is 0. The fourth-order valence-electron chi connectivity index (χ4n) is 0.636. The Hall–Kier alpha value is -0.980. The van der Waals surface area contributed by atoms with E-state index in [1.165, 1.54) is 12.2 Å². The lowest BCUT2D eigenvalue weighted by Crippen LogP contribution is -1.80. The molecule has 0 aliphatic rings. The quantitative estimate of drug-likeness (QED) is 0.596. The van der Waals surface area contributed by atoms with Crippen LogP contribution in [-0.4, -0.2) is 0 Å². The zero-order chi connectivity index (χ0) is 11.1. The van der Waals surface area contributed by atoms with E-state index in [1.54, 1.807) is 12.2 Å². The smallest absolute Gasteiger partial charge is 0.0406 e. The minimum atomic E-state index is 0.513. The van der Waals surface area contributed by atoms with E-state index in [2.05, 4.69) is 26.3 Å². The van der Waals surface area contributed by atoms with E-state index < -0.39 is 0 Å². The lowest BCUT2D eigenvalue weighted by molar-refractivity contribution is 1.58. The minimum Gasteiger partial charge on any atom is -0.0976 e. The number of rotatable bonds is 5. The molecule has 0 aliphatic heterocycles. The van der Waals surface area contributed by atoms with Crippen LogP contribution in [0, 0.1) is 0 Å². The fraction of sp³-hybridized carbons (Fsp3) is 0. The van der Waals surface area contributed by atoms with E-state index in [4.69, 9.17) is 23.2 Å². The molecule has 0 heterocycles. The van der Waals surface area contributed by atoms with Gasteiger partial charge < -0.3 is 0 Å². The Balaban J connectivity index is 4.66. The third-order valence-electron chi connectivity index (χ3n) is 1.43. The van der Waals surface area contributed by atoms with Gasteiger partial charge in [0, 0.05) is 10.1 Å². The number of allylic oxidation sites excluding steroid dienone is 8. The molecule has 0 aromatic rings. The Morgan fingerprint density at radius 3 is 1.29 bits per heavy atom. The van der Waals surface area contributed by atoms with Crippen molar-refractivity contribution in [2.75, 3.05) is 0 Å². The summed E-state index contributed by atoms with van der Waals surface area (Å²) in [7, 11) is 0. The average Bonchev–Trinajstić information content (AvgIpc) is 2.17. The molecule has 0 nitrogen and oxygen atoms in total. The highest BCUT2D eigenvalue weighted by Crippen LogP contribution is 2.16. The predicted molar refractivity (Wildman–Crippen MR) is 66.5 cm³/mol. The molecule has 74 valence electrons. The maximum absolute atomic E-state index is 5.74. The average molecular weight is 227 g/mol. The summed E-state index contributed by atoms with van der Waals surface area (Å²) in [6.45, 7) is 14.6. The van der Waals surface area contributed by atoms with Gasteiger partial charge >= 0.3 is 0 Å². The van der Waals surface area contributed by atoms with E-state index in [9.17, 15) is 0 Å². The largest absolute Gasteiger partial charge is 0.0976 e. The van der Waals surface area contributed by atoms with Crippen molar-refractivity contribution in [3.8, 4) is 0 Å². The minimum absolute atomic E-state index is 0.513. The molecular weight excluding hydrogens is 215 g/mol. The van der Waals surface area contributed by atoms with E-state index >= 15 is 0 Å². The molecule has 0 spiro atoms. The van der Waals surface area contributed by atoms with Gasteiger partial charge in [0.2, 0.25) is 0 Å². The lowest BCUT2D eigenvalue weighted by Gasteiger charge is -1.99. The van der Waals surface area contributed by atoms with E-state index in [1.807, 2.05) is 0 Å². The summed E-state index contributed by atoms with van der Waals surface area (Å²) in [5.74, 6) is 0. The van der Waals surface area contributed by atoms with Crippen molar-refractivity contribution >= 4 is 23.2 Å². The zero-order valence-corrected chi connectivity index (χ0v) is 9.41. The summed E-state index contributed by atoms with van der Waals surface area (Å²) < 4.78 is 0. The first-order valence-electron chi connectivity index (χ1n) is 3.88.